The molecule has 0 spiro atoms. The molecule has 0 aliphatic carbocycles. The molecule has 0 bridgehead atoms. The fourth-order valence-electron chi connectivity index (χ4n) is 2.28. The zero-order valence-corrected chi connectivity index (χ0v) is 13.6. The molecule has 1 N–H and O–H groups in total. The number of rotatable bonds is 5. The highest BCUT2D eigenvalue weighted by atomic mass is 32.2. The minimum absolute atomic E-state index is 0.00360. The van der Waals surface area contributed by atoms with Crippen LogP contribution in [0.25, 0.3) is 0 Å². The number of amides is 2. The van der Waals surface area contributed by atoms with E-state index in [-0.39, 0.29) is 24.1 Å². The summed E-state index contributed by atoms with van der Waals surface area (Å²) < 4.78 is 5.36. The highest BCUT2D eigenvalue weighted by Gasteiger charge is 2.26. The smallest absolute Gasteiger partial charge is 0.273 e. The van der Waals surface area contributed by atoms with Gasteiger partial charge in [-0.3, -0.25) is 9.59 Å². The summed E-state index contributed by atoms with van der Waals surface area (Å²) in [5.41, 5.74) is 1.09. The molecular formula is C16H17N3O3S. The van der Waals surface area contributed by atoms with Gasteiger partial charge in [-0.1, -0.05) is 19.1 Å². The molecule has 120 valence electrons. The van der Waals surface area contributed by atoms with E-state index in [4.69, 9.17) is 4.42 Å². The number of para-hydroxylation sites is 1. The average Bonchev–Trinajstić information content (AvgIpc) is 3.04. The number of oxazole rings is 1. The summed E-state index contributed by atoms with van der Waals surface area (Å²) in [6.07, 6.45) is 2.18. The molecule has 0 unspecified atom stereocenters. The number of nitrogens with zero attached hydrogens (tertiary/aromatic N) is 2. The lowest BCUT2D eigenvalue weighted by atomic mass is 10.2. The molecule has 0 saturated heterocycles. The van der Waals surface area contributed by atoms with Crippen LogP contribution in [-0.2, 0) is 11.3 Å². The predicted octanol–water partition coefficient (Wildman–Crippen LogP) is 2.45. The number of benzene rings is 1. The van der Waals surface area contributed by atoms with Crippen LogP contribution in [0.4, 0.5) is 5.69 Å². The van der Waals surface area contributed by atoms with Gasteiger partial charge in [0, 0.05) is 11.4 Å². The number of thioether (sulfide) groups is 1. The van der Waals surface area contributed by atoms with Crippen molar-refractivity contribution in [3.63, 3.8) is 0 Å². The summed E-state index contributed by atoms with van der Waals surface area (Å²) in [5.74, 6) is 0.482. The second-order valence-corrected chi connectivity index (χ2v) is 6.14. The second-order valence-electron chi connectivity index (χ2n) is 5.12. The van der Waals surface area contributed by atoms with Crippen LogP contribution in [0.5, 0.6) is 0 Å². The summed E-state index contributed by atoms with van der Waals surface area (Å²) in [4.78, 5) is 30.9. The molecule has 2 heterocycles. The zero-order valence-electron chi connectivity index (χ0n) is 12.7. The summed E-state index contributed by atoms with van der Waals surface area (Å²) in [7, 11) is 0. The molecule has 7 heteroatoms. The summed E-state index contributed by atoms with van der Waals surface area (Å²) in [6, 6.07) is 7.72. The molecule has 1 aliphatic heterocycles. The van der Waals surface area contributed by atoms with Crippen LogP contribution in [0.15, 0.2) is 39.8 Å². The number of nitrogens with one attached hydrogen (secondary N) is 1. The van der Waals surface area contributed by atoms with Crippen molar-refractivity contribution >= 4 is 29.3 Å². The van der Waals surface area contributed by atoms with Crippen LogP contribution in [0, 0.1) is 0 Å². The van der Waals surface area contributed by atoms with E-state index in [1.54, 1.807) is 4.90 Å². The Morgan fingerprint density at radius 1 is 1.43 bits per heavy atom. The Bertz CT molecular complexity index is 729. The van der Waals surface area contributed by atoms with E-state index in [2.05, 4.69) is 10.3 Å². The van der Waals surface area contributed by atoms with Gasteiger partial charge in [0.25, 0.3) is 5.91 Å². The van der Waals surface area contributed by atoms with Crippen molar-refractivity contribution in [3.8, 4) is 0 Å². The van der Waals surface area contributed by atoms with Gasteiger partial charge in [-0.25, -0.2) is 4.98 Å². The van der Waals surface area contributed by atoms with Gasteiger partial charge in [0.2, 0.25) is 11.8 Å². The van der Waals surface area contributed by atoms with E-state index in [1.165, 1.54) is 18.0 Å². The predicted molar refractivity (Wildman–Crippen MR) is 87.5 cm³/mol. The van der Waals surface area contributed by atoms with Gasteiger partial charge < -0.3 is 14.6 Å². The summed E-state index contributed by atoms with van der Waals surface area (Å²) in [5, 5.41) is 2.74. The highest BCUT2D eigenvalue weighted by molar-refractivity contribution is 8.00. The van der Waals surface area contributed by atoms with Gasteiger partial charge in [-0.2, -0.15) is 0 Å². The Labute approximate surface area is 138 Å². The number of anilines is 1. The van der Waals surface area contributed by atoms with Gasteiger partial charge in [0.05, 0.1) is 11.4 Å². The Morgan fingerprint density at radius 3 is 3.09 bits per heavy atom. The second kappa shape index (κ2) is 6.87. The summed E-state index contributed by atoms with van der Waals surface area (Å²) >= 11 is 1.52. The molecule has 6 nitrogen and oxygen atoms in total. The highest BCUT2D eigenvalue weighted by Crippen LogP contribution is 2.35. The molecule has 2 amide bonds. The summed E-state index contributed by atoms with van der Waals surface area (Å²) in [6.45, 7) is 2.79. The number of carbonyl (C=O) groups excluding carboxylic acids is 2. The van der Waals surface area contributed by atoms with Gasteiger partial charge in [0.1, 0.15) is 12.8 Å². The molecule has 1 aliphatic rings. The first-order valence-corrected chi connectivity index (χ1v) is 8.42. The maximum absolute atomic E-state index is 12.2. The van der Waals surface area contributed by atoms with Crippen molar-refractivity contribution in [1.29, 1.82) is 0 Å². The van der Waals surface area contributed by atoms with Crippen molar-refractivity contribution in [1.82, 2.24) is 10.3 Å². The normalized spacial score (nSPS) is 13.8. The fourth-order valence-corrected chi connectivity index (χ4v) is 3.22. The van der Waals surface area contributed by atoms with E-state index in [0.29, 0.717) is 18.2 Å². The zero-order chi connectivity index (χ0) is 16.2. The van der Waals surface area contributed by atoms with Crippen LogP contribution in [0.1, 0.15) is 29.7 Å². The molecule has 2 aromatic rings. The van der Waals surface area contributed by atoms with E-state index in [9.17, 15) is 9.59 Å². The monoisotopic (exact) mass is 331 g/mol. The lowest BCUT2D eigenvalue weighted by Crippen LogP contribution is -2.34. The van der Waals surface area contributed by atoms with Crippen molar-refractivity contribution < 1.29 is 14.0 Å². The van der Waals surface area contributed by atoms with E-state index in [1.807, 2.05) is 31.2 Å². The van der Waals surface area contributed by atoms with E-state index in [0.717, 1.165) is 17.0 Å². The first-order valence-electron chi connectivity index (χ1n) is 7.44. The van der Waals surface area contributed by atoms with Crippen LogP contribution in [0.3, 0.4) is 0 Å². The number of aromatic nitrogens is 1. The minimum atomic E-state index is -0.261. The SMILES string of the molecule is CCCNC(=O)c1coc(CN2C(=O)CSc3ccccc32)n1. The van der Waals surface area contributed by atoms with Crippen LogP contribution in [-0.4, -0.2) is 29.1 Å². The molecule has 1 aromatic carbocycles. The van der Waals surface area contributed by atoms with E-state index >= 15 is 0 Å². The molecule has 0 saturated carbocycles. The molecule has 0 fully saturated rings. The van der Waals surface area contributed by atoms with Crippen LogP contribution in [0.2, 0.25) is 0 Å². The first kappa shape index (κ1) is 15.6. The Kier molecular flexibility index (Phi) is 4.66. The van der Waals surface area contributed by atoms with Crippen molar-refractivity contribution in [2.75, 3.05) is 17.2 Å². The third-order valence-electron chi connectivity index (χ3n) is 3.42. The van der Waals surface area contributed by atoms with Crippen molar-refractivity contribution in [2.24, 2.45) is 0 Å². The van der Waals surface area contributed by atoms with Crippen LogP contribution >= 0.6 is 11.8 Å². The topological polar surface area (TPSA) is 75.4 Å². The number of fused-ring (bicyclic) bond motifs is 1. The third kappa shape index (κ3) is 3.39. The molecular weight excluding hydrogens is 314 g/mol. The average molecular weight is 331 g/mol. The Hall–Kier alpha value is -2.28. The van der Waals surface area contributed by atoms with Crippen LogP contribution < -0.4 is 10.2 Å². The number of hydrogen-bond donors (Lipinski definition) is 1. The maximum Gasteiger partial charge on any atom is 0.273 e. The minimum Gasteiger partial charge on any atom is -0.446 e. The molecule has 1 aromatic heterocycles. The van der Waals surface area contributed by atoms with E-state index < -0.39 is 0 Å². The van der Waals surface area contributed by atoms with Gasteiger partial charge in [0.15, 0.2) is 5.69 Å². The standard InChI is InChI=1S/C16H17N3O3S/c1-2-7-17-16(21)11-9-22-14(18-11)8-19-12-5-3-4-6-13(12)23-10-15(19)20/h3-6,9H,2,7-8,10H2,1H3,(H,17,21). The lowest BCUT2D eigenvalue weighted by molar-refractivity contribution is -0.116. The molecule has 3 rings (SSSR count). The quantitative estimate of drug-likeness (QED) is 0.911. The van der Waals surface area contributed by atoms with Gasteiger partial charge >= 0.3 is 0 Å². The number of carbonyl (C=O) groups is 2. The molecule has 0 atom stereocenters. The fraction of sp³-hybridized carbons (Fsp3) is 0.312. The van der Waals surface area contributed by atoms with Crippen molar-refractivity contribution in [2.45, 2.75) is 24.8 Å². The first-order chi connectivity index (χ1) is 11.2. The maximum atomic E-state index is 12.2. The molecule has 23 heavy (non-hydrogen) atoms. The third-order valence-corrected chi connectivity index (χ3v) is 4.47. The Morgan fingerprint density at radius 2 is 2.26 bits per heavy atom. The lowest BCUT2D eigenvalue weighted by Gasteiger charge is -2.27. The Balaban J connectivity index is 1.76. The van der Waals surface area contributed by atoms with Gasteiger partial charge in [-0.15, -0.1) is 11.8 Å². The molecule has 0 radical (unpaired) electrons. The van der Waals surface area contributed by atoms with Crippen molar-refractivity contribution in [3.05, 3.63) is 42.1 Å². The number of hydrogen-bond acceptors (Lipinski definition) is 5. The largest absolute Gasteiger partial charge is 0.446 e. The van der Waals surface area contributed by atoms with Gasteiger partial charge in [-0.05, 0) is 18.6 Å².